The van der Waals surface area contributed by atoms with Crippen molar-refractivity contribution in [2.24, 2.45) is 5.92 Å². The molecule has 130 valence electrons. The van der Waals surface area contributed by atoms with Crippen molar-refractivity contribution in [2.75, 3.05) is 0 Å². The van der Waals surface area contributed by atoms with E-state index >= 15 is 0 Å². The predicted octanol–water partition coefficient (Wildman–Crippen LogP) is 5.00. The molecule has 0 saturated carbocycles. The third-order valence-electron chi connectivity index (χ3n) is 3.86. The smallest absolute Gasteiger partial charge is 0.311 e. The molecule has 0 heterocycles. The Morgan fingerprint density at radius 2 is 1.64 bits per heavy atom. The fourth-order valence-electron chi connectivity index (χ4n) is 2.44. The zero-order chi connectivity index (χ0) is 17.0. The number of hydrogen-bond acceptors (Lipinski definition) is 4. The first kappa shape index (κ1) is 20.9. The van der Waals surface area contributed by atoms with Crippen LogP contribution < -0.4 is 0 Å². The van der Waals surface area contributed by atoms with Gasteiger partial charge in [-0.3, -0.25) is 9.59 Å². The minimum Gasteiger partial charge on any atom is -0.422 e. The van der Waals surface area contributed by atoms with Crippen LogP contribution in [0.15, 0.2) is 0 Å². The van der Waals surface area contributed by atoms with E-state index in [-0.39, 0.29) is 17.9 Å². The van der Waals surface area contributed by atoms with Crippen LogP contribution in [0.2, 0.25) is 0 Å². The van der Waals surface area contributed by atoms with Crippen molar-refractivity contribution in [3.63, 3.8) is 0 Å². The quantitative estimate of drug-likeness (QED) is 0.289. The van der Waals surface area contributed by atoms with Crippen molar-refractivity contribution in [2.45, 2.75) is 98.2 Å². The van der Waals surface area contributed by atoms with Crippen molar-refractivity contribution in [1.29, 1.82) is 0 Å². The summed E-state index contributed by atoms with van der Waals surface area (Å²) < 4.78 is 11.2. The molecule has 0 spiro atoms. The Hall–Kier alpha value is -1.06. The predicted molar refractivity (Wildman–Crippen MR) is 88.3 cm³/mol. The van der Waals surface area contributed by atoms with Gasteiger partial charge in [0.1, 0.15) is 0 Å². The van der Waals surface area contributed by atoms with Crippen molar-refractivity contribution in [3.8, 4) is 0 Å². The molecule has 0 rings (SSSR count). The minimum absolute atomic E-state index is 0.161. The SMILES string of the molecule is CCCCCC(=O)OC(CC)(CCC)OC(=O)C(C)CCC. The van der Waals surface area contributed by atoms with E-state index in [1.807, 2.05) is 27.7 Å². The van der Waals surface area contributed by atoms with Gasteiger partial charge in [-0.05, 0) is 19.3 Å². The third kappa shape index (κ3) is 7.81. The van der Waals surface area contributed by atoms with Crippen molar-refractivity contribution < 1.29 is 19.1 Å². The van der Waals surface area contributed by atoms with Crippen LogP contribution >= 0.6 is 0 Å². The summed E-state index contributed by atoms with van der Waals surface area (Å²) in [5.41, 5.74) is 0. The number of rotatable bonds is 12. The molecule has 0 fully saturated rings. The van der Waals surface area contributed by atoms with Crippen LogP contribution in [0.4, 0.5) is 0 Å². The van der Waals surface area contributed by atoms with Gasteiger partial charge in [0.25, 0.3) is 5.79 Å². The van der Waals surface area contributed by atoms with Gasteiger partial charge in [0, 0.05) is 19.3 Å². The van der Waals surface area contributed by atoms with Gasteiger partial charge in [-0.2, -0.15) is 0 Å². The lowest BCUT2D eigenvalue weighted by Crippen LogP contribution is -2.41. The Morgan fingerprint density at radius 1 is 0.955 bits per heavy atom. The summed E-state index contributed by atoms with van der Waals surface area (Å²) in [5.74, 6) is -1.78. The average molecular weight is 314 g/mol. The Balaban J connectivity index is 4.76. The van der Waals surface area contributed by atoms with Crippen LogP contribution in [0, 0.1) is 5.92 Å². The molecule has 4 heteroatoms. The van der Waals surface area contributed by atoms with E-state index in [0.29, 0.717) is 19.3 Å². The molecule has 0 aliphatic carbocycles. The summed E-state index contributed by atoms with van der Waals surface area (Å²) in [6.45, 7) is 9.89. The Morgan fingerprint density at radius 3 is 2.14 bits per heavy atom. The van der Waals surface area contributed by atoms with Crippen molar-refractivity contribution in [3.05, 3.63) is 0 Å². The number of hydrogen-bond donors (Lipinski definition) is 0. The maximum atomic E-state index is 12.2. The monoisotopic (exact) mass is 314 g/mol. The summed E-state index contributed by atoms with van der Waals surface area (Å²) in [6, 6.07) is 0. The Labute approximate surface area is 135 Å². The first-order valence-electron chi connectivity index (χ1n) is 8.89. The molecule has 0 aliphatic rings. The van der Waals surface area contributed by atoms with Crippen LogP contribution in [-0.4, -0.2) is 17.7 Å². The highest BCUT2D eigenvalue weighted by atomic mass is 16.7. The largest absolute Gasteiger partial charge is 0.422 e. The highest BCUT2D eigenvalue weighted by molar-refractivity contribution is 5.73. The van der Waals surface area contributed by atoms with Gasteiger partial charge >= 0.3 is 11.9 Å². The van der Waals surface area contributed by atoms with Crippen LogP contribution in [0.1, 0.15) is 92.4 Å². The fourth-order valence-corrected chi connectivity index (χ4v) is 2.44. The lowest BCUT2D eigenvalue weighted by atomic mass is 10.0. The maximum absolute atomic E-state index is 12.2. The summed E-state index contributed by atoms with van der Waals surface area (Å²) in [4.78, 5) is 24.2. The van der Waals surface area contributed by atoms with Crippen LogP contribution in [-0.2, 0) is 19.1 Å². The molecule has 0 bridgehead atoms. The molecule has 0 amide bonds. The highest BCUT2D eigenvalue weighted by Gasteiger charge is 2.36. The molecule has 0 N–H and O–H groups in total. The van der Waals surface area contributed by atoms with Gasteiger partial charge in [-0.15, -0.1) is 0 Å². The average Bonchev–Trinajstić information content (AvgIpc) is 2.47. The summed E-state index contributed by atoms with van der Waals surface area (Å²) in [6.07, 6.45) is 6.84. The molecule has 0 aromatic heterocycles. The van der Waals surface area contributed by atoms with Crippen molar-refractivity contribution >= 4 is 11.9 Å². The molecular weight excluding hydrogens is 280 g/mol. The first-order chi connectivity index (χ1) is 10.4. The topological polar surface area (TPSA) is 52.6 Å². The van der Waals surface area contributed by atoms with E-state index in [0.717, 1.165) is 38.5 Å². The zero-order valence-electron chi connectivity index (χ0n) is 15.1. The summed E-state index contributed by atoms with van der Waals surface area (Å²) in [5, 5.41) is 0. The first-order valence-corrected chi connectivity index (χ1v) is 8.89. The molecule has 0 aliphatic heterocycles. The van der Waals surface area contributed by atoms with E-state index in [2.05, 4.69) is 6.92 Å². The molecule has 0 aromatic rings. The van der Waals surface area contributed by atoms with E-state index in [4.69, 9.17) is 9.47 Å². The fraction of sp³-hybridized carbons (Fsp3) is 0.889. The normalized spacial score (nSPS) is 15.0. The van der Waals surface area contributed by atoms with Crippen LogP contribution in [0.5, 0.6) is 0 Å². The van der Waals surface area contributed by atoms with Gasteiger partial charge in [0.15, 0.2) is 0 Å². The molecular formula is C18H34O4. The number of esters is 2. The van der Waals surface area contributed by atoms with Crippen molar-refractivity contribution in [1.82, 2.24) is 0 Å². The lowest BCUT2D eigenvalue weighted by molar-refractivity contribution is -0.235. The van der Waals surface area contributed by atoms with Gasteiger partial charge < -0.3 is 9.47 Å². The lowest BCUT2D eigenvalue weighted by Gasteiger charge is -2.32. The molecule has 0 saturated heterocycles. The second-order valence-electron chi connectivity index (χ2n) is 6.06. The summed E-state index contributed by atoms with van der Waals surface area (Å²) in [7, 11) is 0. The zero-order valence-corrected chi connectivity index (χ0v) is 15.1. The molecule has 4 nitrogen and oxygen atoms in total. The molecule has 2 atom stereocenters. The van der Waals surface area contributed by atoms with E-state index in [1.165, 1.54) is 0 Å². The van der Waals surface area contributed by atoms with Gasteiger partial charge in [0.05, 0.1) is 5.92 Å². The van der Waals surface area contributed by atoms with Gasteiger partial charge in [-0.1, -0.05) is 53.9 Å². The number of unbranched alkanes of at least 4 members (excludes halogenated alkanes) is 2. The maximum Gasteiger partial charge on any atom is 0.311 e. The third-order valence-corrected chi connectivity index (χ3v) is 3.86. The molecule has 2 unspecified atom stereocenters. The van der Waals surface area contributed by atoms with Crippen LogP contribution in [0.3, 0.4) is 0 Å². The Kier molecular flexibility index (Phi) is 10.9. The Bertz CT molecular complexity index is 327. The van der Waals surface area contributed by atoms with Crippen LogP contribution in [0.25, 0.3) is 0 Å². The van der Waals surface area contributed by atoms with E-state index in [9.17, 15) is 9.59 Å². The molecule has 22 heavy (non-hydrogen) atoms. The molecule has 0 aromatic carbocycles. The molecule has 0 radical (unpaired) electrons. The number of carbonyl (C=O) groups is 2. The van der Waals surface area contributed by atoms with Gasteiger partial charge in [0.2, 0.25) is 0 Å². The van der Waals surface area contributed by atoms with E-state index in [1.54, 1.807) is 0 Å². The second kappa shape index (κ2) is 11.5. The van der Waals surface area contributed by atoms with Gasteiger partial charge in [-0.25, -0.2) is 0 Å². The second-order valence-corrected chi connectivity index (χ2v) is 6.06. The standard InChI is InChI=1S/C18H34O4/c1-6-10-11-13-16(19)21-18(9-4,14-8-3)22-17(20)15(5)12-7-2/h15H,6-14H2,1-5H3. The number of carbonyl (C=O) groups excluding carboxylic acids is 2. The van der Waals surface area contributed by atoms with E-state index < -0.39 is 5.79 Å². The number of ether oxygens (including phenoxy) is 2. The highest BCUT2D eigenvalue weighted by Crippen LogP contribution is 2.27. The minimum atomic E-state index is -1.09. The summed E-state index contributed by atoms with van der Waals surface area (Å²) >= 11 is 0.